The van der Waals surface area contributed by atoms with Gasteiger partial charge >= 0.3 is 0 Å². The van der Waals surface area contributed by atoms with E-state index in [0.29, 0.717) is 0 Å². The quantitative estimate of drug-likeness (QED) is 0.620. The summed E-state index contributed by atoms with van der Waals surface area (Å²) in [4.78, 5) is 2.48. The van der Waals surface area contributed by atoms with Gasteiger partial charge in [-0.2, -0.15) is 0 Å². The van der Waals surface area contributed by atoms with Crippen molar-refractivity contribution in [2.45, 2.75) is 39.2 Å². The zero-order valence-corrected chi connectivity index (χ0v) is 10.3. The van der Waals surface area contributed by atoms with Crippen LogP contribution < -0.4 is 5.32 Å². The molecule has 0 aromatic carbocycles. The number of nitrogens with one attached hydrogen (secondary N) is 1. The summed E-state index contributed by atoms with van der Waals surface area (Å²) in [7, 11) is 0. The summed E-state index contributed by atoms with van der Waals surface area (Å²) in [5, 5.41) is 3.54. The monoisotopic (exact) mass is 214 g/mol. The van der Waals surface area contributed by atoms with Gasteiger partial charge in [0.1, 0.15) is 0 Å². The van der Waals surface area contributed by atoms with E-state index in [1.54, 1.807) is 0 Å². The Labute approximate surface area is 94.2 Å². The third-order valence-electron chi connectivity index (χ3n) is 2.99. The number of nitrogens with zero attached hydrogens (tertiary/aromatic N) is 1. The first-order valence-electron chi connectivity index (χ1n) is 6.40. The molecule has 15 heavy (non-hydrogen) atoms. The van der Waals surface area contributed by atoms with E-state index >= 15 is 0 Å². The molecule has 1 rings (SSSR count). The Morgan fingerprint density at radius 1 is 1.33 bits per heavy atom. The van der Waals surface area contributed by atoms with Crippen molar-refractivity contribution in [3.8, 4) is 0 Å². The number of hydrogen-bond acceptors (Lipinski definition) is 3. The number of rotatable bonds is 8. The molecule has 0 bridgehead atoms. The van der Waals surface area contributed by atoms with E-state index in [9.17, 15) is 0 Å². The van der Waals surface area contributed by atoms with Crippen LogP contribution in [0.4, 0.5) is 0 Å². The Balaban J connectivity index is 2.06. The second-order valence-electron chi connectivity index (χ2n) is 4.30. The molecule has 3 heteroatoms. The number of hydrogen-bond donors (Lipinski definition) is 1. The van der Waals surface area contributed by atoms with Gasteiger partial charge < -0.3 is 10.1 Å². The van der Waals surface area contributed by atoms with Crippen LogP contribution in [-0.4, -0.2) is 50.3 Å². The Hall–Kier alpha value is -0.120. The minimum atomic E-state index is 0.719. The average Bonchev–Trinajstić information content (AvgIpc) is 2.75. The third kappa shape index (κ3) is 5.50. The van der Waals surface area contributed by atoms with E-state index in [4.69, 9.17) is 4.74 Å². The van der Waals surface area contributed by atoms with Crippen molar-refractivity contribution in [3.63, 3.8) is 0 Å². The summed E-state index contributed by atoms with van der Waals surface area (Å²) < 4.78 is 5.52. The molecule has 1 N–H and O–H groups in total. The Bertz CT molecular complexity index is 147. The molecule has 1 saturated heterocycles. The van der Waals surface area contributed by atoms with Gasteiger partial charge in [0.05, 0.1) is 6.61 Å². The first kappa shape index (κ1) is 12.9. The predicted octanol–water partition coefficient (Wildman–Crippen LogP) is 1.49. The zero-order valence-electron chi connectivity index (χ0n) is 10.3. The van der Waals surface area contributed by atoms with E-state index in [1.807, 2.05) is 0 Å². The molecule has 0 radical (unpaired) electrons. The van der Waals surface area contributed by atoms with Gasteiger partial charge in [-0.25, -0.2) is 0 Å². The van der Waals surface area contributed by atoms with Crippen molar-refractivity contribution < 1.29 is 4.74 Å². The van der Waals surface area contributed by atoms with Gasteiger partial charge in [0.15, 0.2) is 0 Å². The summed E-state index contributed by atoms with van der Waals surface area (Å²) in [5.41, 5.74) is 0. The second-order valence-corrected chi connectivity index (χ2v) is 4.30. The average molecular weight is 214 g/mol. The third-order valence-corrected chi connectivity index (χ3v) is 2.99. The normalized spacial score (nSPS) is 21.4. The van der Waals surface area contributed by atoms with E-state index in [0.717, 1.165) is 38.8 Å². The maximum Gasteiger partial charge on any atom is 0.0593 e. The van der Waals surface area contributed by atoms with Crippen LogP contribution in [0.15, 0.2) is 0 Å². The van der Waals surface area contributed by atoms with Crippen LogP contribution in [0.25, 0.3) is 0 Å². The molecule has 0 amide bonds. The predicted molar refractivity (Wildman–Crippen MR) is 64.2 cm³/mol. The molecular weight excluding hydrogens is 188 g/mol. The van der Waals surface area contributed by atoms with Crippen LogP contribution in [-0.2, 0) is 4.74 Å². The van der Waals surface area contributed by atoms with Gasteiger partial charge in [-0.15, -0.1) is 0 Å². The number of ether oxygens (including phenoxy) is 1. The fourth-order valence-electron chi connectivity index (χ4n) is 2.04. The minimum absolute atomic E-state index is 0.719. The van der Waals surface area contributed by atoms with Crippen LogP contribution in [0, 0.1) is 0 Å². The highest BCUT2D eigenvalue weighted by Gasteiger charge is 2.16. The molecule has 1 aliphatic heterocycles. The van der Waals surface area contributed by atoms with E-state index in [1.165, 1.54) is 25.9 Å². The van der Waals surface area contributed by atoms with E-state index in [-0.39, 0.29) is 0 Å². The van der Waals surface area contributed by atoms with Gasteiger partial charge in [-0.3, -0.25) is 4.90 Å². The van der Waals surface area contributed by atoms with Crippen LogP contribution in [0.3, 0.4) is 0 Å². The molecule has 1 heterocycles. The van der Waals surface area contributed by atoms with Gasteiger partial charge in [-0.05, 0) is 32.4 Å². The second kappa shape index (κ2) is 8.08. The highest BCUT2D eigenvalue weighted by Crippen LogP contribution is 2.06. The van der Waals surface area contributed by atoms with Crippen molar-refractivity contribution in [3.05, 3.63) is 0 Å². The summed E-state index contributed by atoms with van der Waals surface area (Å²) in [6.07, 6.45) is 3.80. The molecule has 1 fully saturated rings. The molecule has 0 aromatic rings. The van der Waals surface area contributed by atoms with Gasteiger partial charge in [0, 0.05) is 25.7 Å². The molecule has 0 saturated carbocycles. The van der Waals surface area contributed by atoms with Crippen molar-refractivity contribution in [2.75, 3.05) is 39.4 Å². The number of likely N-dealkylation sites (N-methyl/N-ethyl adjacent to an activating group) is 1. The summed E-state index contributed by atoms with van der Waals surface area (Å²) in [6.45, 7) is 10.8. The smallest absolute Gasteiger partial charge is 0.0593 e. The molecule has 1 aliphatic rings. The van der Waals surface area contributed by atoms with Crippen molar-refractivity contribution in [1.82, 2.24) is 10.2 Å². The molecular formula is C12H26N2O. The fraction of sp³-hybridized carbons (Fsp3) is 1.00. The topological polar surface area (TPSA) is 24.5 Å². The molecule has 0 aromatic heterocycles. The maximum absolute atomic E-state index is 5.52. The summed E-state index contributed by atoms with van der Waals surface area (Å²) >= 11 is 0. The molecule has 3 nitrogen and oxygen atoms in total. The van der Waals surface area contributed by atoms with E-state index < -0.39 is 0 Å². The first-order valence-corrected chi connectivity index (χ1v) is 6.40. The Morgan fingerprint density at radius 3 is 2.80 bits per heavy atom. The maximum atomic E-state index is 5.52. The standard InChI is InChI=1S/C12H26N2O/c1-3-9-15-10-8-14(4-2)11-12-6-5-7-13-12/h12-13H,3-11H2,1-2H3. The first-order chi connectivity index (χ1) is 7.36. The zero-order chi connectivity index (χ0) is 10.9. The molecule has 1 unspecified atom stereocenters. The van der Waals surface area contributed by atoms with Crippen LogP contribution in [0.1, 0.15) is 33.1 Å². The van der Waals surface area contributed by atoms with Crippen LogP contribution in [0.5, 0.6) is 0 Å². The highest BCUT2D eigenvalue weighted by atomic mass is 16.5. The summed E-state index contributed by atoms with van der Waals surface area (Å²) in [5.74, 6) is 0. The lowest BCUT2D eigenvalue weighted by Crippen LogP contribution is -2.39. The lowest BCUT2D eigenvalue weighted by Gasteiger charge is -2.23. The van der Waals surface area contributed by atoms with Crippen LogP contribution >= 0.6 is 0 Å². The molecule has 0 spiro atoms. The SMILES string of the molecule is CCCOCCN(CC)CC1CCCN1. The van der Waals surface area contributed by atoms with E-state index in [2.05, 4.69) is 24.1 Å². The minimum Gasteiger partial charge on any atom is -0.380 e. The lowest BCUT2D eigenvalue weighted by atomic mass is 10.2. The largest absolute Gasteiger partial charge is 0.380 e. The van der Waals surface area contributed by atoms with Gasteiger partial charge in [-0.1, -0.05) is 13.8 Å². The molecule has 90 valence electrons. The van der Waals surface area contributed by atoms with Crippen molar-refractivity contribution in [2.24, 2.45) is 0 Å². The molecule has 0 aliphatic carbocycles. The highest BCUT2D eigenvalue weighted by molar-refractivity contribution is 4.77. The van der Waals surface area contributed by atoms with Gasteiger partial charge in [0.2, 0.25) is 0 Å². The Kier molecular flexibility index (Phi) is 6.98. The Morgan fingerprint density at radius 2 is 2.20 bits per heavy atom. The van der Waals surface area contributed by atoms with Crippen molar-refractivity contribution in [1.29, 1.82) is 0 Å². The fourth-order valence-corrected chi connectivity index (χ4v) is 2.04. The lowest BCUT2D eigenvalue weighted by molar-refractivity contribution is 0.103. The van der Waals surface area contributed by atoms with Gasteiger partial charge in [0.25, 0.3) is 0 Å². The van der Waals surface area contributed by atoms with Crippen LogP contribution in [0.2, 0.25) is 0 Å². The summed E-state index contributed by atoms with van der Waals surface area (Å²) in [6, 6.07) is 0.719. The van der Waals surface area contributed by atoms with Crippen molar-refractivity contribution >= 4 is 0 Å². The molecule has 1 atom stereocenters.